The molecule has 0 saturated carbocycles. The smallest absolute Gasteiger partial charge is 0.248 e. The quantitative estimate of drug-likeness (QED) is 0.283. The minimum absolute atomic E-state index is 0.0537. The Balaban J connectivity index is 1.68. The number of fused-ring (bicyclic) bond motifs is 1. The van der Waals surface area contributed by atoms with E-state index in [0.717, 1.165) is 0 Å². The Morgan fingerprint density at radius 3 is 2.33 bits per heavy atom. The van der Waals surface area contributed by atoms with Crippen LogP contribution in [-0.2, 0) is 4.79 Å². The number of hydrogen-bond donors (Lipinski definition) is 1. The van der Waals surface area contributed by atoms with E-state index in [1.165, 1.54) is 6.08 Å². The molecular formula is C24H15Cl2NO3. The molecule has 4 aromatic rings. The van der Waals surface area contributed by atoms with E-state index in [4.69, 9.17) is 27.6 Å². The Labute approximate surface area is 182 Å². The van der Waals surface area contributed by atoms with Crippen LogP contribution in [0.2, 0.25) is 10.0 Å². The number of nitrogens with one attached hydrogen (secondary N) is 1. The fourth-order valence-electron chi connectivity index (χ4n) is 3.00. The van der Waals surface area contributed by atoms with Gasteiger partial charge in [0.1, 0.15) is 5.58 Å². The Morgan fingerprint density at radius 2 is 1.57 bits per heavy atom. The van der Waals surface area contributed by atoms with Crippen LogP contribution in [0.1, 0.15) is 21.7 Å². The van der Waals surface area contributed by atoms with E-state index in [0.29, 0.717) is 37.8 Å². The summed E-state index contributed by atoms with van der Waals surface area (Å²) in [7, 11) is 0. The zero-order valence-corrected chi connectivity index (χ0v) is 17.1. The molecule has 6 heteroatoms. The van der Waals surface area contributed by atoms with Gasteiger partial charge < -0.3 is 9.73 Å². The summed E-state index contributed by atoms with van der Waals surface area (Å²) in [6.07, 6.45) is 2.97. The summed E-state index contributed by atoms with van der Waals surface area (Å²) in [6.45, 7) is 0. The molecule has 0 spiro atoms. The third-order valence-corrected chi connectivity index (χ3v) is 5.07. The highest BCUT2D eigenvalue weighted by Gasteiger charge is 2.23. The third-order valence-electron chi connectivity index (χ3n) is 4.48. The number of benzene rings is 3. The third kappa shape index (κ3) is 4.15. The number of anilines is 1. The van der Waals surface area contributed by atoms with Crippen molar-refractivity contribution in [1.29, 1.82) is 0 Å². The van der Waals surface area contributed by atoms with Gasteiger partial charge in [-0.1, -0.05) is 53.5 Å². The first-order valence-electron chi connectivity index (χ1n) is 9.08. The van der Waals surface area contributed by atoms with Crippen LogP contribution in [0.25, 0.3) is 17.0 Å². The molecular weight excluding hydrogens is 421 g/mol. The molecule has 0 fully saturated rings. The number of hydrogen-bond acceptors (Lipinski definition) is 3. The van der Waals surface area contributed by atoms with Crippen LogP contribution < -0.4 is 5.32 Å². The maximum absolute atomic E-state index is 13.0. The van der Waals surface area contributed by atoms with Crippen LogP contribution in [0.4, 0.5) is 5.69 Å². The maximum atomic E-state index is 13.0. The number of para-hydroxylation sites is 1. The van der Waals surface area contributed by atoms with Gasteiger partial charge in [0.2, 0.25) is 11.7 Å². The van der Waals surface area contributed by atoms with E-state index in [9.17, 15) is 9.59 Å². The average Bonchev–Trinajstić information content (AvgIpc) is 3.11. The minimum Gasteiger partial charge on any atom is -0.450 e. The van der Waals surface area contributed by atoms with Gasteiger partial charge in [-0.2, -0.15) is 0 Å². The molecule has 3 aromatic carbocycles. The van der Waals surface area contributed by atoms with Crippen molar-refractivity contribution in [2.75, 3.05) is 5.32 Å². The van der Waals surface area contributed by atoms with Crippen molar-refractivity contribution in [2.45, 2.75) is 0 Å². The zero-order chi connectivity index (χ0) is 21.1. The molecule has 1 N–H and O–H groups in total. The molecule has 0 unspecified atom stereocenters. The molecule has 4 rings (SSSR count). The molecule has 1 amide bonds. The van der Waals surface area contributed by atoms with Gasteiger partial charge in [0.25, 0.3) is 0 Å². The SMILES string of the molecule is O=C(C=Cc1ccccc1Cl)Nc1c(C(=O)c2ccc(Cl)cc2)oc2ccccc12. The zero-order valence-electron chi connectivity index (χ0n) is 15.6. The van der Waals surface area contributed by atoms with Gasteiger partial charge in [-0.05, 0) is 54.1 Å². The number of amides is 1. The molecule has 1 aromatic heterocycles. The van der Waals surface area contributed by atoms with Crippen LogP contribution in [-0.4, -0.2) is 11.7 Å². The molecule has 0 aliphatic rings. The number of carbonyl (C=O) groups is 2. The minimum atomic E-state index is -0.411. The van der Waals surface area contributed by atoms with Gasteiger partial charge in [-0.25, -0.2) is 0 Å². The van der Waals surface area contributed by atoms with E-state index in [2.05, 4.69) is 5.32 Å². The second-order valence-corrected chi connectivity index (χ2v) is 7.33. The highest BCUT2D eigenvalue weighted by molar-refractivity contribution is 6.32. The molecule has 4 nitrogen and oxygen atoms in total. The van der Waals surface area contributed by atoms with Crippen LogP contribution in [0.15, 0.2) is 83.3 Å². The average molecular weight is 436 g/mol. The number of furan rings is 1. The predicted octanol–water partition coefficient (Wildman–Crippen LogP) is 6.62. The lowest BCUT2D eigenvalue weighted by atomic mass is 10.1. The number of carbonyl (C=O) groups excluding carboxylic acids is 2. The normalized spacial score (nSPS) is 11.1. The van der Waals surface area contributed by atoms with Crippen molar-refractivity contribution < 1.29 is 14.0 Å². The van der Waals surface area contributed by atoms with Crippen molar-refractivity contribution in [3.8, 4) is 0 Å². The van der Waals surface area contributed by atoms with E-state index in [1.54, 1.807) is 60.7 Å². The second-order valence-electron chi connectivity index (χ2n) is 6.48. The van der Waals surface area contributed by atoms with Crippen LogP contribution >= 0.6 is 23.2 Å². The van der Waals surface area contributed by atoms with Gasteiger partial charge in [0.05, 0.1) is 5.69 Å². The Hall–Kier alpha value is -3.34. The molecule has 0 aliphatic heterocycles. The summed E-state index contributed by atoms with van der Waals surface area (Å²) in [5.41, 5.74) is 1.93. The van der Waals surface area contributed by atoms with Crippen LogP contribution in [0, 0.1) is 0 Å². The van der Waals surface area contributed by atoms with E-state index in [-0.39, 0.29) is 11.5 Å². The van der Waals surface area contributed by atoms with E-state index in [1.807, 2.05) is 18.2 Å². The van der Waals surface area contributed by atoms with Crippen LogP contribution in [0.5, 0.6) is 0 Å². The molecule has 0 aliphatic carbocycles. The Kier molecular flexibility index (Phi) is 5.70. The highest BCUT2D eigenvalue weighted by atomic mass is 35.5. The van der Waals surface area contributed by atoms with Crippen molar-refractivity contribution in [1.82, 2.24) is 0 Å². The fourth-order valence-corrected chi connectivity index (χ4v) is 3.33. The molecule has 0 atom stereocenters. The first-order valence-corrected chi connectivity index (χ1v) is 9.84. The molecule has 0 bridgehead atoms. The van der Waals surface area contributed by atoms with Crippen molar-refractivity contribution >= 4 is 57.6 Å². The highest BCUT2D eigenvalue weighted by Crippen LogP contribution is 2.32. The van der Waals surface area contributed by atoms with Gasteiger partial charge in [0.15, 0.2) is 5.76 Å². The van der Waals surface area contributed by atoms with Gasteiger partial charge in [-0.15, -0.1) is 0 Å². The monoisotopic (exact) mass is 435 g/mol. The first kappa shape index (κ1) is 20.0. The lowest BCUT2D eigenvalue weighted by molar-refractivity contribution is -0.111. The first-order chi connectivity index (χ1) is 14.5. The fraction of sp³-hybridized carbons (Fsp3) is 0. The number of rotatable bonds is 5. The summed E-state index contributed by atoms with van der Waals surface area (Å²) in [5, 5.41) is 4.47. The Bertz CT molecular complexity index is 1270. The molecule has 0 radical (unpaired) electrons. The molecule has 148 valence electrons. The predicted molar refractivity (Wildman–Crippen MR) is 120 cm³/mol. The molecule has 30 heavy (non-hydrogen) atoms. The summed E-state index contributed by atoms with van der Waals surface area (Å²) in [6, 6.07) is 20.8. The second kappa shape index (κ2) is 8.57. The largest absolute Gasteiger partial charge is 0.450 e. The van der Waals surface area contributed by atoms with E-state index >= 15 is 0 Å². The lowest BCUT2D eigenvalue weighted by Crippen LogP contribution is -2.11. The van der Waals surface area contributed by atoms with Gasteiger partial charge in [0, 0.05) is 27.1 Å². The lowest BCUT2D eigenvalue weighted by Gasteiger charge is -2.04. The number of ketones is 1. The summed E-state index contributed by atoms with van der Waals surface area (Å²) in [4.78, 5) is 25.6. The maximum Gasteiger partial charge on any atom is 0.248 e. The number of halogens is 2. The van der Waals surface area contributed by atoms with Gasteiger partial charge in [-0.3, -0.25) is 9.59 Å². The summed E-state index contributed by atoms with van der Waals surface area (Å²) >= 11 is 12.0. The standard InChI is InChI=1S/C24H15Cl2NO3/c25-17-12-9-16(10-13-17)23(29)24-22(18-6-2-4-8-20(18)30-24)27-21(28)14-11-15-5-1-3-7-19(15)26/h1-14H,(H,27,28). The van der Waals surface area contributed by atoms with E-state index < -0.39 is 5.91 Å². The van der Waals surface area contributed by atoms with Gasteiger partial charge >= 0.3 is 0 Å². The van der Waals surface area contributed by atoms with Crippen molar-refractivity contribution in [3.05, 3.63) is 106 Å². The Morgan fingerprint density at radius 1 is 0.867 bits per heavy atom. The summed E-state index contributed by atoms with van der Waals surface area (Å²) in [5.74, 6) is -0.710. The van der Waals surface area contributed by atoms with Crippen molar-refractivity contribution in [3.63, 3.8) is 0 Å². The van der Waals surface area contributed by atoms with Crippen molar-refractivity contribution in [2.24, 2.45) is 0 Å². The summed E-state index contributed by atoms with van der Waals surface area (Å²) < 4.78 is 5.79. The molecule has 0 saturated heterocycles. The molecule has 1 heterocycles. The topological polar surface area (TPSA) is 59.3 Å². The van der Waals surface area contributed by atoms with Crippen LogP contribution in [0.3, 0.4) is 0 Å².